The van der Waals surface area contributed by atoms with Crippen molar-refractivity contribution in [2.24, 2.45) is 0 Å². The fraction of sp³-hybridized carbons (Fsp3) is 0.233. The summed E-state index contributed by atoms with van der Waals surface area (Å²) in [6, 6.07) is 69.7. The molecule has 133 heavy (non-hydrogen) atoms. The van der Waals surface area contributed by atoms with Gasteiger partial charge in [0, 0.05) is 85.9 Å². The van der Waals surface area contributed by atoms with Gasteiger partial charge in [-0.1, -0.05) is 208 Å². The van der Waals surface area contributed by atoms with Gasteiger partial charge < -0.3 is 126 Å². The first kappa shape index (κ1) is 100. The van der Waals surface area contributed by atoms with Crippen molar-refractivity contribution < 1.29 is 0 Å². The zero-order valence-electron chi connectivity index (χ0n) is 75.0. The number of likely N-dealkylation sites (N-methyl/N-ethyl adjacent to an activating group) is 1. The summed E-state index contributed by atoms with van der Waals surface area (Å²) in [5.74, 6) is 6.79. The molecule has 15 rings (SSSR count). The van der Waals surface area contributed by atoms with E-state index in [1.54, 1.807) is 4.90 Å². The summed E-state index contributed by atoms with van der Waals surface area (Å²) in [4.78, 5) is 102. The summed E-state index contributed by atoms with van der Waals surface area (Å²) in [6.45, 7) is 8.55. The van der Waals surface area contributed by atoms with Crippen molar-refractivity contribution in [3.05, 3.63) is 246 Å². The molecular formula is C86H115N47. The molecule has 0 aliphatic rings. The number of hydrogen-bond acceptors (Lipinski definition) is 47. The van der Waals surface area contributed by atoms with Crippen molar-refractivity contribution in [1.82, 2.24) is 120 Å². The maximum Gasteiger partial charge on any atom is 0.236 e. The maximum absolute atomic E-state index is 5.54. The fourth-order valence-corrected chi connectivity index (χ4v) is 11.2. The number of aromatic nitrogens is 24. The highest BCUT2D eigenvalue weighted by atomic mass is 15.3. The van der Waals surface area contributed by atoms with Gasteiger partial charge in [0.1, 0.15) is 5.82 Å². The van der Waals surface area contributed by atoms with E-state index in [0.29, 0.717) is 73.2 Å². The smallest absolute Gasteiger partial charge is 0.236 e. The molecule has 0 fully saturated rings. The van der Waals surface area contributed by atoms with E-state index in [1.165, 1.54) is 29.5 Å². The Morgan fingerprint density at radius 2 is 0.571 bits per heavy atom. The van der Waals surface area contributed by atoms with Crippen molar-refractivity contribution >= 4 is 148 Å². The van der Waals surface area contributed by atoms with E-state index in [-0.39, 0.29) is 83.3 Å². The number of nitrogens with two attached hydrogens (primary N) is 14. The number of hydrogen-bond donors (Lipinski definition) is 19. The molecule has 47 heteroatoms. The molecule has 0 spiro atoms. The Balaban J connectivity index is 0.000000187. The average molecular weight is 1810 g/mol. The zero-order chi connectivity index (χ0) is 95.7. The van der Waals surface area contributed by atoms with Crippen molar-refractivity contribution in [3.63, 3.8) is 0 Å². The van der Waals surface area contributed by atoms with E-state index >= 15 is 0 Å². The Morgan fingerprint density at radius 1 is 0.256 bits per heavy atom. The van der Waals surface area contributed by atoms with Crippen molar-refractivity contribution in [3.8, 4) is 0 Å². The first-order valence-corrected chi connectivity index (χ1v) is 41.5. The topological polar surface area (TPSA) is 747 Å². The van der Waals surface area contributed by atoms with Crippen LogP contribution in [0.3, 0.4) is 0 Å². The molecule has 694 valence electrons. The SMILES string of the molecule is CCCCCNc1nc(C)nc(N(C)C)n1.CN(CCc1ccccc1)c1nc(N)nc(N)n1.CN(Cc1ccccc1)c1nc(N)nc(N)n1.CN(c1ccccc1)c1nc(N)nc(N)n1.Nc1nc(N)nc(NCCCc2ccccc2)n1.Nc1nc(N)nc(NCCc2ccccc2)n1.Nc1nc(N)nc(NCc2ccccc2)n1.Nc1nc(N)nc(Nc2ccccc2)n1. The highest BCUT2D eigenvalue weighted by molar-refractivity contribution is 5.58. The maximum atomic E-state index is 5.54. The summed E-state index contributed by atoms with van der Waals surface area (Å²) in [7, 11) is 9.47. The highest BCUT2D eigenvalue weighted by Gasteiger charge is 2.14. The summed E-state index contributed by atoms with van der Waals surface area (Å²) in [5.41, 5.74) is 84.7. The molecule has 0 bridgehead atoms. The molecule has 0 amide bonds. The Hall–Kier alpha value is -18.0. The van der Waals surface area contributed by atoms with Crippen LogP contribution in [0.2, 0.25) is 0 Å². The Morgan fingerprint density at radius 3 is 0.977 bits per heavy atom. The van der Waals surface area contributed by atoms with Gasteiger partial charge in [0.15, 0.2) is 0 Å². The molecule has 0 aliphatic heterocycles. The number of anilines is 25. The van der Waals surface area contributed by atoms with Crippen LogP contribution < -0.4 is 126 Å². The first-order chi connectivity index (χ1) is 64.0. The molecule has 0 aliphatic carbocycles. The van der Waals surface area contributed by atoms with Gasteiger partial charge >= 0.3 is 0 Å². The van der Waals surface area contributed by atoms with E-state index in [2.05, 4.69) is 190 Å². The molecule has 47 nitrogen and oxygen atoms in total. The van der Waals surface area contributed by atoms with Crippen LogP contribution in [-0.4, -0.2) is 181 Å². The third-order valence-electron chi connectivity index (χ3n) is 17.5. The molecule has 0 saturated carbocycles. The van der Waals surface area contributed by atoms with Crippen LogP contribution in [0.15, 0.2) is 212 Å². The lowest BCUT2D eigenvalue weighted by Gasteiger charge is -2.17. The van der Waals surface area contributed by atoms with Crippen LogP contribution in [0.4, 0.5) is 148 Å². The minimum Gasteiger partial charge on any atom is -0.368 e. The molecule has 0 radical (unpaired) electrons. The molecule has 0 saturated heterocycles. The number of para-hydroxylation sites is 2. The number of benzene rings is 7. The number of nitrogen functional groups attached to an aromatic ring is 14. The van der Waals surface area contributed by atoms with Crippen molar-refractivity contribution in [1.29, 1.82) is 0 Å². The van der Waals surface area contributed by atoms with Gasteiger partial charge in [-0.15, -0.1) is 0 Å². The summed E-state index contributed by atoms with van der Waals surface area (Å²) >= 11 is 0. The van der Waals surface area contributed by atoms with Gasteiger partial charge in [-0.2, -0.15) is 120 Å². The van der Waals surface area contributed by atoms with E-state index < -0.39 is 0 Å². The second-order valence-electron chi connectivity index (χ2n) is 28.5. The third kappa shape index (κ3) is 39.2. The number of rotatable bonds is 29. The monoisotopic (exact) mass is 1810 g/mol. The number of unbranched alkanes of at least 4 members (excludes halogenated alkanes) is 2. The quantitative estimate of drug-likeness (QED) is 0.0205. The summed E-state index contributed by atoms with van der Waals surface area (Å²) < 4.78 is 0. The van der Waals surface area contributed by atoms with E-state index in [1.807, 2.05) is 233 Å². The van der Waals surface area contributed by atoms with Crippen LogP contribution in [0.5, 0.6) is 0 Å². The van der Waals surface area contributed by atoms with Gasteiger partial charge in [-0.05, 0) is 91.1 Å². The second kappa shape index (κ2) is 54.1. The lowest BCUT2D eigenvalue weighted by atomic mass is 10.1. The molecule has 7 aromatic carbocycles. The Labute approximate surface area is 769 Å². The normalized spacial score (nSPS) is 10.1. The Bertz CT molecular complexity index is 5740. The van der Waals surface area contributed by atoms with Gasteiger partial charge in [-0.25, -0.2) is 0 Å². The molecular weight excluding hydrogens is 1690 g/mol. The van der Waals surface area contributed by atoms with Crippen LogP contribution in [0.25, 0.3) is 0 Å². The summed E-state index contributed by atoms with van der Waals surface area (Å²) in [6.07, 6.45) is 7.38. The fourth-order valence-electron chi connectivity index (χ4n) is 11.2. The van der Waals surface area contributed by atoms with Crippen LogP contribution in [0, 0.1) is 6.92 Å². The molecule has 0 atom stereocenters. The molecule has 8 aromatic heterocycles. The van der Waals surface area contributed by atoms with Crippen LogP contribution >= 0.6 is 0 Å². The minimum absolute atomic E-state index is 0.0981. The van der Waals surface area contributed by atoms with Gasteiger partial charge in [-0.3, -0.25) is 0 Å². The molecule has 33 N–H and O–H groups in total. The van der Waals surface area contributed by atoms with Crippen LogP contribution in [-0.2, 0) is 32.4 Å². The van der Waals surface area contributed by atoms with Gasteiger partial charge in [0.2, 0.25) is 137 Å². The predicted molar refractivity (Wildman–Crippen MR) is 529 cm³/mol. The highest BCUT2D eigenvalue weighted by Crippen LogP contribution is 2.22. The zero-order valence-corrected chi connectivity index (χ0v) is 75.0. The molecule has 15 aromatic rings. The largest absolute Gasteiger partial charge is 0.368 e. The Kier molecular flexibility index (Phi) is 40.9. The van der Waals surface area contributed by atoms with Gasteiger partial charge in [0.25, 0.3) is 0 Å². The first-order valence-electron chi connectivity index (χ1n) is 41.5. The third-order valence-corrected chi connectivity index (χ3v) is 17.5. The van der Waals surface area contributed by atoms with Crippen LogP contribution in [0.1, 0.15) is 66.2 Å². The number of nitrogens with one attached hydrogen (secondary N) is 5. The number of aryl methyl sites for hydroxylation is 2. The summed E-state index contributed by atoms with van der Waals surface area (Å²) in [5, 5.41) is 15.3. The predicted octanol–water partition coefficient (Wildman–Crippen LogP) is 7.24. The standard InChI is InChI=1S/2C12H16N6.2C11H14N6.C11H21N5.2C10H12N6.C9H10N6/c1-18(8-7-9-5-3-2-4-6-9)12-16-10(13)15-11(14)17-12;13-10-16-11(14)18-12(17-10)15-8-4-7-9-5-2-1-3-6-9;1-17(7-8-5-3-2-4-6-8)11-15-9(12)14-10(13)16-11;12-9-15-10(13)17-11(16-9)14-7-6-8-4-2-1-3-5-8;1-5-6-7-8-12-10-13-9(2)14-11(15-10)16(3)4;1-16(7-5-3-2-4-6-7)10-14-8(11)13-9(12)15-10;11-8-14-9(12)16-10(15-8)13-6-7-4-2-1-3-5-7;10-7-13-8(11)15-9(14-7)12-6-4-2-1-3-5-6/h2-6H,7-8H2,1H3,(H4,13,14,15,16,17);1-3,5-6H,4,7-8H2,(H5,13,14,15,16,17,18);2-6H,7H2,1H3,(H4,12,13,14,15,16);1-5H,6-7H2,(H5,12,13,14,15,16,17);5-8H2,1-4H3,(H,12,13,14,15);2-6H,1H3,(H4,11,12,13,14,15);1-5H,6H2,(H5,11,12,13,14,15,16);1-5H,(H5,10,11,12,13,14,15). The van der Waals surface area contributed by atoms with E-state index in [9.17, 15) is 0 Å². The average Bonchev–Trinajstić information content (AvgIpc) is 0.839. The van der Waals surface area contributed by atoms with Crippen molar-refractivity contribution in [2.75, 3.05) is 188 Å². The van der Waals surface area contributed by atoms with Gasteiger partial charge in [0.05, 0.1) is 0 Å². The van der Waals surface area contributed by atoms with E-state index in [4.69, 9.17) is 80.3 Å². The van der Waals surface area contributed by atoms with E-state index in [0.717, 1.165) is 80.1 Å². The molecule has 8 heterocycles. The molecule has 0 unspecified atom stereocenters. The minimum atomic E-state index is 0.0981. The van der Waals surface area contributed by atoms with Crippen molar-refractivity contribution in [2.45, 2.75) is 71.9 Å². The lowest BCUT2D eigenvalue weighted by Crippen LogP contribution is -2.23. The number of nitrogens with zero attached hydrogens (tertiary/aromatic N) is 28. The second-order valence-corrected chi connectivity index (χ2v) is 28.5. The lowest BCUT2D eigenvalue weighted by molar-refractivity contribution is 0.738.